The van der Waals surface area contributed by atoms with Gasteiger partial charge in [-0.15, -0.1) is 0 Å². The third-order valence-electron chi connectivity index (χ3n) is 6.06. The molecule has 0 aromatic heterocycles. The predicted molar refractivity (Wildman–Crippen MR) is 131 cm³/mol. The summed E-state index contributed by atoms with van der Waals surface area (Å²) in [4.78, 5) is 15.5. The van der Waals surface area contributed by atoms with Crippen LogP contribution in [0.4, 0.5) is 0 Å². The fourth-order valence-corrected chi connectivity index (χ4v) is 4.07. The number of carbonyl (C=O) groups is 1. The Morgan fingerprint density at radius 3 is 2.00 bits per heavy atom. The molecule has 2 atom stereocenters. The Morgan fingerprint density at radius 2 is 1.52 bits per heavy atom. The molecule has 0 aliphatic heterocycles. The molecule has 0 saturated heterocycles. The Hall–Kier alpha value is -2.29. The van der Waals surface area contributed by atoms with Gasteiger partial charge >= 0.3 is 0 Å². The van der Waals surface area contributed by atoms with Crippen LogP contribution in [0, 0.1) is 11.8 Å². The number of carbonyl (C=O) groups excluding carboxylic acids is 1. The van der Waals surface area contributed by atoms with E-state index in [1.807, 2.05) is 12.1 Å². The number of amides is 1. The third-order valence-corrected chi connectivity index (χ3v) is 6.06. The van der Waals surface area contributed by atoms with Crippen molar-refractivity contribution in [3.8, 4) is 5.75 Å². The van der Waals surface area contributed by atoms with Crippen molar-refractivity contribution in [3.63, 3.8) is 0 Å². The lowest BCUT2D eigenvalue weighted by Gasteiger charge is -2.33. The van der Waals surface area contributed by atoms with Gasteiger partial charge in [0.2, 0.25) is 5.91 Å². The highest BCUT2D eigenvalue weighted by Gasteiger charge is 2.26. The largest absolute Gasteiger partial charge is 0.497 e. The summed E-state index contributed by atoms with van der Waals surface area (Å²) in [6.07, 6.45) is 1.74. The lowest BCUT2D eigenvalue weighted by molar-refractivity contribution is -0.137. The average Bonchev–Trinajstić information content (AvgIpc) is 2.73. The van der Waals surface area contributed by atoms with Gasteiger partial charge < -0.3 is 9.64 Å². The predicted octanol–water partition coefficient (Wildman–Crippen LogP) is 6.81. The smallest absolute Gasteiger partial charge is 0.225 e. The summed E-state index contributed by atoms with van der Waals surface area (Å²) in [5.41, 5.74) is 3.84. The minimum Gasteiger partial charge on any atom is -0.497 e. The zero-order valence-corrected chi connectivity index (χ0v) is 20.7. The zero-order chi connectivity index (χ0) is 23.2. The second kappa shape index (κ2) is 10.8. The van der Waals surface area contributed by atoms with Gasteiger partial charge in [0.1, 0.15) is 5.75 Å². The summed E-state index contributed by atoms with van der Waals surface area (Å²) in [6, 6.07) is 17.0. The maximum Gasteiger partial charge on any atom is 0.225 e. The van der Waals surface area contributed by atoms with E-state index in [0.29, 0.717) is 12.5 Å². The standard InChI is InChI=1S/C28H41NO2/c1-20(2)19-21(3)27(30)29(18-17-23-9-15-26(31-8)16-10-23)22(4)24-11-13-25(14-12-24)28(5,6)7/h9-16,20-22H,17-19H2,1-8H3/t21-,22+/m0/s1. The van der Waals surface area contributed by atoms with Crippen LogP contribution in [0.2, 0.25) is 0 Å². The lowest BCUT2D eigenvalue weighted by Crippen LogP contribution is -2.39. The summed E-state index contributed by atoms with van der Waals surface area (Å²) in [5, 5.41) is 0. The first-order valence-corrected chi connectivity index (χ1v) is 11.6. The van der Waals surface area contributed by atoms with Crippen LogP contribution in [0.1, 0.15) is 77.6 Å². The quantitative estimate of drug-likeness (QED) is 0.443. The molecule has 2 rings (SSSR count). The van der Waals surface area contributed by atoms with Gasteiger partial charge in [-0.05, 0) is 59.9 Å². The molecule has 0 aliphatic carbocycles. The molecule has 3 heteroatoms. The molecule has 3 nitrogen and oxygen atoms in total. The lowest BCUT2D eigenvalue weighted by atomic mass is 9.86. The van der Waals surface area contributed by atoms with Gasteiger partial charge in [-0.2, -0.15) is 0 Å². The third kappa shape index (κ3) is 7.12. The highest BCUT2D eigenvalue weighted by atomic mass is 16.5. The first kappa shape index (κ1) is 25.0. The highest BCUT2D eigenvalue weighted by molar-refractivity contribution is 5.79. The van der Waals surface area contributed by atoms with Crippen LogP contribution in [0.25, 0.3) is 0 Å². The normalized spacial score (nSPS) is 13.7. The minimum atomic E-state index is 0.0205. The van der Waals surface area contributed by atoms with E-state index in [1.165, 1.54) is 16.7 Å². The molecular weight excluding hydrogens is 382 g/mol. The van der Waals surface area contributed by atoms with Crippen LogP contribution in [0.3, 0.4) is 0 Å². The van der Waals surface area contributed by atoms with E-state index >= 15 is 0 Å². The van der Waals surface area contributed by atoms with Crippen LogP contribution >= 0.6 is 0 Å². The van der Waals surface area contributed by atoms with Crippen LogP contribution < -0.4 is 4.74 Å². The molecule has 0 N–H and O–H groups in total. The monoisotopic (exact) mass is 423 g/mol. The number of benzene rings is 2. The van der Waals surface area contributed by atoms with Gasteiger partial charge in [-0.1, -0.05) is 77.9 Å². The number of hydrogen-bond acceptors (Lipinski definition) is 2. The number of rotatable bonds is 9. The molecule has 0 aliphatic rings. The van der Waals surface area contributed by atoms with Crippen molar-refractivity contribution in [3.05, 3.63) is 65.2 Å². The Labute approximate surface area is 189 Å². The average molecular weight is 424 g/mol. The van der Waals surface area contributed by atoms with E-state index in [0.717, 1.165) is 18.6 Å². The number of methoxy groups -OCH3 is 1. The molecule has 0 unspecified atom stereocenters. The maximum atomic E-state index is 13.4. The van der Waals surface area contributed by atoms with Gasteiger partial charge in [0, 0.05) is 12.5 Å². The molecule has 0 heterocycles. The van der Waals surface area contributed by atoms with Crippen LogP contribution in [0.15, 0.2) is 48.5 Å². The van der Waals surface area contributed by atoms with Gasteiger partial charge in [0.05, 0.1) is 13.2 Å². The number of nitrogens with zero attached hydrogens (tertiary/aromatic N) is 1. The van der Waals surface area contributed by atoms with E-state index in [1.54, 1.807) is 7.11 Å². The Morgan fingerprint density at radius 1 is 0.935 bits per heavy atom. The Bertz CT molecular complexity index is 816. The molecule has 0 fully saturated rings. The molecule has 0 saturated carbocycles. The summed E-state index contributed by atoms with van der Waals surface area (Å²) in [5.74, 6) is 1.63. The van der Waals surface area contributed by atoms with Crippen LogP contribution in [0.5, 0.6) is 5.75 Å². The van der Waals surface area contributed by atoms with E-state index in [-0.39, 0.29) is 23.3 Å². The van der Waals surface area contributed by atoms with Crippen LogP contribution in [-0.2, 0) is 16.6 Å². The van der Waals surface area contributed by atoms with Gasteiger partial charge in [0.15, 0.2) is 0 Å². The van der Waals surface area contributed by atoms with E-state index in [2.05, 4.69) is 89.8 Å². The van der Waals surface area contributed by atoms with Crippen molar-refractivity contribution in [2.45, 2.75) is 72.8 Å². The molecule has 170 valence electrons. The summed E-state index contributed by atoms with van der Waals surface area (Å²) >= 11 is 0. The highest BCUT2D eigenvalue weighted by Crippen LogP contribution is 2.28. The minimum absolute atomic E-state index is 0.0205. The van der Waals surface area contributed by atoms with Crippen molar-refractivity contribution in [1.29, 1.82) is 0 Å². The van der Waals surface area contributed by atoms with Crippen molar-refractivity contribution < 1.29 is 9.53 Å². The molecule has 2 aromatic carbocycles. The summed E-state index contributed by atoms with van der Waals surface area (Å²) in [6.45, 7) is 16.0. The Balaban J connectivity index is 2.23. The van der Waals surface area contributed by atoms with Gasteiger partial charge in [-0.25, -0.2) is 0 Å². The number of ether oxygens (including phenoxy) is 1. The SMILES string of the molecule is COc1ccc(CCN(C(=O)[C@@H](C)CC(C)C)[C@H](C)c2ccc(C(C)(C)C)cc2)cc1. The molecule has 0 radical (unpaired) electrons. The summed E-state index contributed by atoms with van der Waals surface area (Å²) in [7, 11) is 1.68. The molecule has 0 spiro atoms. The first-order valence-electron chi connectivity index (χ1n) is 11.6. The maximum absolute atomic E-state index is 13.4. The second-order valence-electron chi connectivity index (χ2n) is 10.2. The van der Waals surface area contributed by atoms with Crippen molar-refractivity contribution in [1.82, 2.24) is 4.90 Å². The van der Waals surface area contributed by atoms with Gasteiger partial charge in [-0.3, -0.25) is 4.79 Å². The molecule has 0 bridgehead atoms. The van der Waals surface area contributed by atoms with E-state index in [4.69, 9.17) is 4.74 Å². The molecule has 1 amide bonds. The zero-order valence-electron chi connectivity index (χ0n) is 20.7. The van der Waals surface area contributed by atoms with E-state index in [9.17, 15) is 4.79 Å². The topological polar surface area (TPSA) is 29.5 Å². The fraction of sp³-hybridized carbons (Fsp3) is 0.536. The van der Waals surface area contributed by atoms with Crippen molar-refractivity contribution in [2.75, 3.05) is 13.7 Å². The van der Waals surface area contributed by atoms with Crippen LogP contribution in [-0.4, -0.2) is 24.5 Å². The van der Waals surface area contributed by atoms with Crippen molar-refractivity contribution >= 4 is 5.91 Å². The van der Waals surface area contributed by atoms with Gasteiger partial charge in [0.25, 0.3) is 0 Å². The summed E-state index contributed by atoms with van der Waals surface area (Å²) < 4.78 is 5.27. The Kier molecular flexibility index (Phi) is 8.73. The molecular formula is C28H41NO2. The van der Waals surface area contributed by atoms with Crippen molar-refractivity contribution in [2.24, 2.45) is 11.8 Å². The second-order valence-corrected chi connectivity index (χ2v) is 10.2. The first-order chi connectivity index (χ1) is 14.5. The fourth-order valence-electron chi connectivity index (χ4n) is 4.07. The van der Waals surface area contributed by atoms with E-state index < -0.39 is 0 Å². The molecule has 31 heavy (non-hydrogen) atoms. The molecule has 2 aromatic rings. The number of hydrogen-bond donors (Lipinski definition) is 0.